The van der Waals surface area contributed by atoms with Crippen LogP contribution in [0.1, 0.15) is 25.1 Å². The van der Waals surface area contributed by atoms with Gasteiger partial charge >= 0.3 is 5.97 Å². The van der Waals surface area contributed by atoms with Crippen LogP contribution in [-0.2, 0) is 43.1 Å². The summed E-state index contributed by atoms with van der Waals surface area (Å²) in [6.45, 7) is 3.70. The van der Waals surface area contributed by atoms with E-state index in [1.807, 2.05) is 30.3 Å². The van der Waals surface area contributed by atoms with Crippen LogP contribution < -0.4 is 10.8 Å². The number of nitrogen functional groups attached to an aromatic ring is 1. The quantitative estimate of drug-likeness (QED) is 0.181. The molecule has 3 aromatic rings. The van der Waals surface area contributed by atoms with Crippen molar-refractivity contribution >= 4 is 30.6 Å². The number of aliphatic hydroxyl groups is 1. The summed E-state index contributed by atoms with van der Waals surface area (Å²) in [6.07, 6.45) is 1.27. The van der Waals surface area contributed by atoms with Crippen molar-refractivity contribution in [2.24, 2.45) is 0 Å². The number of hydrogen-bond donors (Lipinski definition) is 3. The highest BCUT2D eigenvalue weighted by Crippen LogP contribution is 2.44. The van der Waals surface area contributed by atoms with Crippen LogP contribution in [0.5, 0.6) is 0 Å². The SMILES string of the molecule is CCOC(=O)[C@@H](C)N[P@@](=O)(COCCn1cnc2c(CO)nc(N)nc21)OCc1ccccc1. The summed E-state index contributed by atoms with van der Waals surface area (Å²) in [4.78, 5) is 24.4. The lowest BCUT2D eigenvalue weighted by Crippen LogP contribution is -2.34. The van der Waals surface area contributed by atoms with Crippen LogP contribution in [0.4, 0.5) is 5.95 Å². The number of carbonyl (C=O) groups is 1. The Balaban J connectivity index is 1.64. The number of nitrogens with zero attached hydrogens (tertiary/aromatic N) is 4. The van der Waals surface area contributed by atoms with E-state index in [1.54, 1.807) is 18.4 Å². The Morgan fingerprint density at radius 3 is 2.76 bits per heavy atom. The lowest BCUT2D eigenvalue weighted by atomic mass is 10.2. The largest absolute Gasteiger partial charge is 0.465 e. The summed E-state index contributed by atoms with van der Waals surface area (Å²) in [6, 6.07) is 8.41. The zero-order valence-electron chi connectivity index (χ0n) is 19.1. The average Bonchev–Trinajstić information content (AvgIpc) is 3.23. The van der Waals surface area contributed by atoms with Crippen LogP contribution in [-0.4, -0.2) is 56.2 Å². The van der Waals surface area contributed by atoms with Gasteiger partial charge in [-0.1, -0.05) is 30.3 Å². The predicted molar refractivity (Wildman–Crippen MR) is 125 cm³/mol. The highest BCUT2D eigenvalue weighted by Gasteiger charge is 2.29. The molecule has 4 N–H and O–H groups in total. The molecule has 13 heteroatoms. The molecule has 0 aliphatic rings. The minimum absolute atomic E-state index is 0.0233. The van der Waals surface area contributed by atoms with Crippen molar-refractivity contribution in [1.82, 2.24) is 24.6 Å². The third-order valence-electron chi connectivity index (χ3n) is 4.75. The van der Waals surface area contributed by atoms with Crippen molar-refractivity contribution in [3.05, 3.63) is 47.9 Å². The van der Waals surface area contributed by atoms with E-state index >= 15 is 0 Å². The fraction of sp³-hybridized carbons (Fsp3) is 0.429. The Kier molecular flexibility index (Phi) is 9.08. The molecule has 2 heterocycles. The fourth-order valence-corrected chi connectivity index (χ4v) is 4.77. The smallest absolute Gasteiger partial charge is 0.323 e. The van der Waals surface area contributed by atoms with Crippen LogP contribution >= 0.6 is 7.52 Å². The predicted octanol–water partition coefficient (Wildman–Crippen LogP) is 1.83. The van der Waals surface area contributed by atoms with Crippen LogP contribution in [0.2, 0.25) is 0 Å². The zero-order valence-corrected chi connectivity index (χ0v) is 20.0. The lowest BCUT2D eigenvalue weighted by molar-refractivity contribution is -0.144. The van der Waals surface area contributed by atoms with E-state index in [0.29, 0.717) is 23.4 Å². The van der Waals surface area contributed by atoms with Crippen molar-refractivity contribution < 1.29 is 28.5 Å². The molecule has 0 fully saturated rings. The number of anilines is 1. The molecule has 3 rings (SSSR count). The van der Waals surface area contributed by atoms with E-state index < -0.39 is 19.5 Å². The number of ether oxygens (including phenoxy) is 2. The van der Waals surface area contributed by atoms with Gasteiger partial charge in [0, 0.05) is 6.54 Å². The number of rotatable bonds is 13. The molecule has 2 aromatic heterocycles. The highest BCUT2D eigenvalue weighted by molar-refractivity contribution is 7.56. The third-order valence-corrected chi connectivity index (χ3v) is 6.60. The van der Waals surface area contributed by atoms with E-state index in [-0.39, 0.29) is 38.7 Å². The van der Waals surface area contributed by atoms with Gasteiger partial charge in [-0.15, -0.1) is 0 Å². The molecule has 0 saturated carbocycles. The van der Waals surface area contributed by atoms with Gasteiger partial charge in [-0.3, -0.25) is 9.36 Å². The summed E-state index contributed by atoms with van der Waals surface area (Å²) >= 11 is 0. The Labute approximate surface area is 197 Å². The van der Waals surface area contributed by atoms with Gasteiger partial charge in [0.2, 0.25) is 5.95 Å². The van der Waals surface area contributed by atoms with E-state index in [1.165, 1.54) is 6.33 Å². The fourth-order valence-electron chi connectivity index (χ4n) is 3.12. The molecule has 12 nitrogen and oxygen atoms in total. The first-order chi connectivity index (χ1) is 16.3. The Bertz CT molecular complexity index is 1140. The van der Waals surface area contributed by atoms with Crippen molar-refractivity contribution in [1.29, 1.82) is 0 Å². The molecule has 34 heavy (non-hydrogen) atoms. The Morgan fingerprint density at radius 1 is 1.29 bits per heavy atom. The van der Waals surface area contributed by atoms with E-state index in [0.717, 1.165) is 5.56 Å². The van der Waals surface area contributed by atoms with Crippen molar-refractivity contribution in [2.45, 2.75) is 39.6 Å². The molecule has 0 amide bonds. The number of fused-ring (bicyclic) bond motifs is 1. The molecule has 184 valence electrons. The second-order valence-electron chi connectivity index (χ2n) is 7.37. The minimum atomic E-state index is -3.57. The first-order valence-electron chi connectivity index (χ1n) is 10.7. The van der Waals surface area contributed by atoms with Gasteiger partial charge in [-0.05, 0) is 19.4 Å². The summed E-state index contributed by atoms with van der Waals surface area (Å²) in [7, 11) is -3.57. The minimum Gasteiger partial charge on any atom is -0.465 e. The molecule has 0 unspecified atom stereocenters. The van der Waals surface area contributed by atoms with Gasteiger partial charge in [0.15, 0.2) is 5.65 Å². The molecule has 0 spiro atoms. The van der Waals surface area contributed by atoms with Gasteiger partial charge in [-0.2, -0.15) is 4.98 Å². The number of esters is 1. The molecule has 0 aliphatic carbocycles. The number of nitrogens with one attached hydrogen (secondary N) is 1. The van der Waals surface area contributed by atoms with E-state index in [4.69, 9.17) is 19.7 Å². The van der Waals surface area contributed by atoms with Gasteiger partial charge < -0.3 is 29.4 Å². The third kappa shape index (κ3) is 6.81. The maximum absolute atomic E-state index is 13.5. The molecular formula is C21H29N6O6P. The van der Waals surface area contributed by atoms with E-state index in [9.17, 15) is 14.5 Å². The number of hydrogen-bond acceptors (Lipinski definition) is 10. The number of imidazole rings is 1. The maximum atomic E-state index is 13.5. The number of benzene rings is 1. The summed E-state index contributed by atoms with van der Waals surface area (Å²) in [5.74, 6) is -0.511. The van der Waals surface area contributed by atoms with Crippen molar-refractivity contribution in [3.63, 3.8) is 0 Å². The molecule has 1 aromatic carbocycles. The number of aliphatic hydroxyl groups excluding tert-OH is 1. The second-order valence-corrected chi connectivity index (χ2v) is 9.49. The molecule has 0 saturated heterocycles. The van der Waals surface area contributed by atoms with Gasteiger partial charge in [0.1, 0.15) is 17.9 Å². The summed E-state index contributed by atoms with van der Waals surface area (Å²) in [5.41, 5.74) is 7.77. The molecule has 2 atom stereocenters. The normalized spacial score (nSPS) is 14.1. The number of carbonyl (C=O) groups excluding carboxylic acids is 1. The number of aromatic nitrogens is 4. The van der Waals surface area contributed by atoms with E-state index in [2.05, 4.69) is 20.0 Å². The Hall–Kier alpha value is -2.89. The van der Waals surface area contributed by atoms with Crippen molar-refractivity contribution in [3.8, 4) is 0 Å². The number of nitrogens with two attached hydrogens (primary N) is 1. The Morgan fingerprint density at radius 2 is 2.06 bits per heavy atom. The van der Waals surface area contributed by atoms with Gasteiger partial charge in [0.25, 0.3) is 7.52 Å². The maximum Gasteiger partial charge on any atom is 0.323 e. The molecular weight excluding hydrogens is 463 g/mol. The summed E-state index contributed by atoms with van der Waals surface area (Å²) in [5, 5.41) is 12.2. The molecule has 0 aliphatic heterocycles. The first-order valence-corrected chi connectivity index (χ1v) is 12.5. The second kappa shape index (κ2) is 12.0. The van der Waals surface area contributed by atoms with Crippen LogP contribution in [0, 0.1) is 0 Å². The van der Waals surface area contributed by atoms with Gasteiger partial charge in [0.05, 0.1) is 38.4 Å². The van der Waals surface area contributed by atoms with Gasteiger partial charge in [-0.25, -0.2) is 15.1 Å². The molecule has 0 radical (unpaired) electrons. The first kappa shape index (κ1) is 25.7. The zero-order chi connectivity index (χ0) is 24.6. The van der Waals surface area contributed by atoms with Crippen LogP contribution in [0.3, 0.4) is 0 Å². The van der Waals surface area contributed by atoms with Crippen molar-refractivity contribution in [2.75, 3.05) is 25.3 Å². The average molecular weight is 492 g/mol. The molecule has 0 bridgehead atoms. The standard InChI is InChI=1S/C21H29N6O6P/c1-3-32-20(29)15(2)26-34(30,33-12-16-7-5-4-6-8-16)14-31-10-9-27-13-23-18-17(11-28)24-21(22)25-19(18)27/h4-8,13,15,28H,3,9-12,14H2,1-2H3,(H,26,30)(H2,22,24,25)/t15-,34-/m1/s1. The lowest BCUT2D eigenvalue weighted by Gasteiger charge is -2.23. The highest BCUT2D eigenvalue weighted by atomic mass is 31.2. The van der Waals surface area contributed by atoms with Crippen LogP contribution in [0.25, 0.3) is 11.2 Å². The monoisotopic (exact) mass is 492 g/mol. The topological polar surface area (TPSA) is 164 Å². The van der Waals surface area contributed by atoms with Crippen LogP contribution in [0.15, 0.2) is 36.7 Å². The summed E-state index contributed by atoms with van der Waals surface area (Å²) < 4.78 is 31.5.